The molecule has 1 aliphatic rings. The van der Waals surface area contributed by atoms with E-state index in [1.54, 1.807) is 14.2 Å². The highest BCUT2D eigenvalue weighted by atomic mass is 32.2. The Morgan fingerprint density at radius 2 is 1.79 bits per heavy atom. The Morgan fingerprint density at radius 1 is 1.18 bits per heavy atom. The highest BCUT2D eigenvalue weighted by molar-refractivity contribution is 7.90. The van der Waals surface area contributed by atoms with E-state index in [1.165, 1.54) is 11.9 Å². The maximum atomic E-state index is 11.4. The molecule has 1 aromatic carbocycles. The maximum absolute atomic E-state index is 11.4. The number of sulfone groups is 1. The summed E-state index contributed by atoms with van der Waals surface area (Å²) < 4.78 is 28.1. The van der Waals surface area contributed by atoms with Crippen LogP contribution in [0.15, 0.2) is 29.3 Å². The Bertz CT molecular complexity index is 752. The summed E-state index contributed by atoms with van der Waals surface area (Å²) in [5, 5.41) is 3.43. The van der Waals surface area contributed by atoms with Gasteiger partial charge in [0.05, 0.1) is 12.9 Å². The third-order valence-corrected chi connectivity index (χ3v) is 6.05. The van der Waals surface area contributed by atoms with Gasteiger partial charge in [-0.3, -0.25) is 4.99 Å². The lowest BCUT2D eigenvalue weighted by molar-refractivity contribution is 0.327. The summed E-state index contributed by atoms with van der Waals surface area (Å²) in [5.74, 6) is 1.95. The molecule has 28 heavy (non-hydrogen) atoms. The SMILES string of the molecule is CN=C(NCC(C)(C)CCS(C)(=O)=O)N1CCN(c2ccc(OC)cc2)CC1. The molecule has 0 spiro atoms. The number of methoxy groups -OCH3 is 1. The quantitative estimate of drug-likeness (QED) is 0.546. The van der Waals surface area contributed by atoms with Gasteiger partial charge in [0.1, 0.15) is 15.6 Å². The summed E-state index contributed by atoms with van der Waals surface area (Å²) in [5.41, 5.74) is 1.08. The van der Waals surface area contributed by atoms with Gasteiger partial charge in [0.25, 0.3) is 0 Å². The zero-order valence-corrected chi connectivity index (χ0v) is 18.6. The molecule has 0 radical (unpaired) electrons. The van der Waals surface area contributed by atoms with Crippen LogP contribution >= 0.6 is 0 Å². The second kappa shape index (κ2) is 9.49. The van der Waals surface area contributed by atoms with Gasteiger partial charge in [-0.25, -0.2) is 8.42 Å². The van der Waals surface area contributed by atoms with Gasteiger partial charge in [0, 0.05) is 51.7 Å². The number of hydrogen-bond donors (Lipinski definition) is 1. The molecule has 158 valence electrons. The summed E-state index contributed by atoms with van der Waals surface area (Å²) in [6, 6.07) is 8.15. The molecule has 1 fully saturated rings. The number of benzene rings is 1. The van der Waals surface area contributed by atoms with E-state index < -0.39 is 9.84 Å². The Labute approximate surface area is 169 Å². The Kier molecular flexibility index (Phi) is 7.57. The van der Waals surface area contributed by atoms with Crippen LogP contribution < -0.4 is 15.0 Å². The van der Waals surface area contributed by atoms with Crippen molar-refractivity contribution in [1.29, 1.82) is 0 Å². The second-order valence-electron chi connectivity index (χ2n) is 8.12. The molecule has 1 heterocycles. The van der Waals surface area contributed by atoms with E-state index in [2.05, 4.69) is 46.1 Å². The second-order valence-corrected chi connectivity index (χ2v) is 10.4. The molecule has 0 atom stereocenters. The molecule has 0 aliphatic carbocycles. The van der Waals surface area contributed by atoms with Crippen LogP contribution in [0, 0.1) is 5.41 Å². The number of ether oxygens (including phenoxy) is 1. The fourth-order valence-electron chi connectivity index (χ4n) is 3.17. The monoisotopic (exact) mass is 410 g/mol. The lowest BCUT2D eigenvalue weighted by atomic mass is 9.90. The van der Waals surface area contributed by atoms with E-state index in [1.807, 2.05) is 12.1 Å². The molecule has 1 aliphatic heterocycles. The zero-order valence-electron chi connectivity index (χ0n) is 17.7. The summed E-state index contributed by atoms with van der Waals surface area (Å²) in [6.07, 6.45) is 1.92. The molecule has 8 heteroatoms. The Balaban J connectivity index is 1.85. The summed E-state index contributed by atoms with van der Waals surface area (Å²) in [7, 11) is 0.528. The molecule has 1 saturated heterocycles. The topological polar surface area (TPSA) is 74.2 Å². The molecule has 0 aromatic heterocycles. The molecule has 0 amide bonds. The number of nitrogens with zero attached hydrogens (tertiary/aromatic N) is 3. The third-order valence-electron chi connectivity index (χ3n) is 5.10. The predicted octanol–water partition coefficient (Wildman–Crippen LogP) is 1.85. The zero-order chi connectivity index (χ0) is 20.8. The number of anilines is 1. The van der Waals surface area contributed by atoms with Gasteiger partial charge in [-0.15, -0.1) is 0 Å². The lowest BCUT2D eigenvalue weighted by Gasteiger charge is -2.38. The van der Waals surface area contributed by atoms with Crippen LogP contribution in [-0.4, -0.2) is 78.2 Å². The van der Waals surface area contributed by atoms with E-state index in [4.69, 9.17) is 4.74 Å². The van der Waals surface area contributed by atoms with Gasteiger partial charge in [-0.05, 0) is 36.1 Å². The van der Waals surface area contributed by atoms with E-state index in [0.717, 1.165) is 37.9 Å². The van der Waals surface area contributed by atoms with Gasteiger partial charge in [0.2, 0.25) is 0 Å². The fourth-order valence-corrected chi connectivity index (χ4v) is 4.09. The molecule has 0 bridgehead atoms. The van der Waals surface area contributed by atoms with Crippen molar-refractivity contribution in [3.63, 3.8) is 0 Å². The Morgan fingerprint density at radius 3 is 2.29 bits per heavy atom. The van der Waals surface area contributed by atoms with Gasteiger partial charge in [0.15, 0.2) is 5.96 Å². The van der Waals surface area contributed by atoms with Gasteiger partial charge < -0.3 is 19.9 Å². The number of aliphatic imine (C=N–C) groups is 1. The summed E-state index contributed by atoms with van der Waals surface area (Å²) in [6.45, 7) is 8.47. The smallest absolute Gasteiger partial charge is 0.193 e. The van der Waals surface area contributed by atoms with E-state index in [0.29, 0.717) is 13.0 Å². The molecule has 0 saturated carbocycles. The minimum Gasteiger partial charge on any atom is -0.497 e. The number of rotatable bonds is 7. The van der Waals surface area contributed by atoms with Crippen molar-refractivity contribution >= 4 is 21.5 Å². The first kappa shape index (κ1) is 22.3. The average Bonchev–Trinajstić information content (AvgIpc) is 2.67. The van der Waals surface area contributed by atoms with Crippen LogP contribution in [0.4, 0.5) is 5.69 Å². The first-order valence-corrected chi connectivity index (χ1v) is 11.7. The highest BCUT2D eigenvalue weighted by Gasteiger charge is 2.24. The first-order chi connectivity index (χ1) is 13.1. The molecular formula is C20H34N4O3S. The van der Waals surface area contributed by atoms with Crippen molar-refractivity contribution in [1.82, 2.24) is 10.2 Å². The molecule has 1 N–H and O–H groups in total. The molecule has 7 nitrogen and oxygen atoms in total. The lowest BCUT2D eigenvalue weighted by Crippen LogP contribution is -2.53. The molecule has 0 unspecified atom stereocenters. The number of hydrogen-bond acceptors (Lipinski definition) is 5. The largest absolute Gasteiger partial charge is 0.497 e. The number of guanidine groups is 1. The molecule has 1 aromatic rings. The van der Waals surface area contributed by atoms with E-state index in [9.17, 15) is 8.42 Å². The highest BCUT2D eigenvalue weighted by Crippen LogP contribution is 2.22. The maximum Gasteiger partial charge on any atom is 0.193 e. The van der Waals surface area contributed by atoms with E-state index >= 15 is 0 Å². The standard InChI is InChI=1S/C20H34N4O3S/c1-20(2,10-15-28(5,25)26)16-22-19(21-3)24-13-11-23(12-14-24)17-6-8-18(27-4)9-7-17/h6-9H,10-16H2,1-5H3,(H,21,22). The van der Waals surface area contributed by atoms with Crippen molar-refractivity contribution < 1.29 is 13.2 Å². The van der Waals surface area contributed by atoms with Gasteiger partial charge >= 0.3 is 0 Å². The van der Waals surface area contributed by atoms with E-state index in [-0.39, 0.29) is 11.2 Å². The molecule has 2 rings (SSSR count). The third kappa shape index (κ3) is 6.89. The average molecular weight is 411 g/mol. The molecular weight excluding hydrogens is 376 g/mol. The van der Waals surface area contributed by atoms with Crippen molar-refractivity contribution in [2.45, 2.75) is 20.3 Å². The first-order valence-electron chi connectivity index (χ1n) is 9.66. The van der Waals surface area contributed by atoms with Crippen LogP contribution in [0.5, 0.6) is 5.75 Å². The minimum absolute atomic E-state index is 0.121. The van der Waals surface area contributed by atoms with Crippen LogP contribution in [0.1, 0.15) is 20.3 Å². The van der Waals surface area contributed by atoms with Crippen molar-refractivity contribution in [3.05, 3.63) is 24.3 Å². The normalized spacial score (nSPS) is 16.2. The van der Waals surface area contributed by atoms with Crippen molar-refractivity contribution in [2.24, 2.45) is 10.4 Å². The number of nitrogens with one attached hydrogen (secondary N) is 1. The predicted molar refractivity (Wildman–Crippen MR) is 116 cm³/mol. The number of piperazine rings is 1. The van der Waals surface area contributed by atoms with Crippen LogP contribution in [0.25, 0.3) is 0 Å². The Hall–Kier alpha value is -1.96. The van der Waals surface area contributed by atoms with Gasteiger partial charge in [-0.1, -0.05) is 13.8 Å². The van der Waals surface area contributed by atoms with Crippen LogP contribution in [0.2, 0.25) is 0 Å². The van der Waals surface area contributed by atoms with Crippen molar-refractivity contribution in [2.75, 3.05) is 63.8 Å². The van der Waals surface area contributed by atoms with Crippen LogP contribution in [0.3, 0.4) is 0 Å². The summed E-state index contributed by atoms with van der Waals surface area (Å²) >= 11 is 0. The summed E-state index contributed by atoms with van der Waals surface area (Å²) in [4.78, 5) is 9.04. The van der Waals surface area contributed by atoms with Crippen molar-refractivity contribution in [3.8, 4) is 5.75 Å². The fraction of sp³-hybridized carbons (Fsp3) is 0.650. The minimum atomic E-state index is -2.94. The van der Waals surface area contributed by atoms with Gasteiger partial charge in [-0.2, -0.15) is 0 Å². The van der Waals surface area contributed by atoms with Crippen LogP contribution in [-0.2, 0) is 9.84 Å².